The van der Waals surface area contributed by atoms with Crippen molar-refractivity contribution in [1.29, 1.82) is 0 Å². The molecule has 11 heteroatoms. The topological polar surface area (TPSA) is 175 Å². The minimum atomic E-state index is -1.62. The number of esters is 1. The minimum absolute atomic E-state index is 0.120. The van der Waals surface area contributed by atoms with E-state index in [1.165, 1.54) is 141 Å². The fourth-order valence-corrected chi connectivity index (χ4v) is 9.31. The summed E-state index contributed by atoms with van der Waals surface area (Å²) in [6.45, 7) is 5.65. The first kappa shape index (κ1) is 69.4. The molecule has 1 heterocycles. The van der Waals surface area contributed by atoms with E-state index in [9.17, 15) is 35.1 Å². The quantitative estimate of drug-likeness (QED) is 0.0195. The van der Waals surface area contributed by atoms with Crippen molar-refractivity contribution in [3.8, 4) is 0 Å². The van der Waals surface area contributed by atoms with Gasteiger partial charge in [0.25, 0.3) is 0 Å². The third-order valence-electron chi connectivity index (χ3n) is 14.2. The number of nitrogens with one attached hydrogen (secondary N) is 1. The second kappa shape index (κ2) is 51.1. The van der Waals surface area contributed by atoms with Gasteiger partial charge in [-0.3, -0.25) is 9.59 Å². The molecule has 0 aromatic carbocycles. The number of aliphatic hydroxyl groups excluding tert-OH is 5. The van der Waals surface area contributed by atoms with Crippen LogP contribution >= 0.6 is 0 Å². The Morgan fingerprint density at radius 1 is 0.541 bits per heavy atom. The Kier molecular flexibility index (Phi) is 47.9. The molecule has 0 spiro atoms. The van der Waals surface area contributed by atoms with Crippen LogP contribution in [0.2, 0.25) is 0 Å². The third-order valence-corrected chi connectivity index (χ3v) is 14.2. The monoisotopic (exact) mass is 1040 g/mol. The lowest BCUT2D eigenvalue weighted by atomic mass is 9.99. The second-order valence-electron chi connectivity index (χ2n) is 21.0. The Morgan fingerprint density at radius 3 is 1.47 bits per heavy atom. The summed E-state index contributed by atoms with van der Waals surface area (Å²) in [7, 11) is 0. The summed E-state index contributed by atoms with van der Waals surface area (Å²) in [5.41, 5.74) is 0. The molecule has 11 nitrogen and oxygen atoms in total. The van der Waals surface area contributed by atoms with Gasteiger partial charge in [0.2, 0.25) is 5.91 Å². The molecule has 1 aliphatic rings. The van der Waals surface area contributed by atoms with Gasteiger partial charge in [-0.25, -0.2) is 0 Å². The molecule has 1 rings (SSSR count). The zero-order valence-electron chi connectivity index (χ0n) is 47.5. The van der Waals surface area contributed by atoms with Gasteiger partial charge in [0.05, 0.1) is 25.4 Å². The summed E-state index contributed by atoms with van der Waals surface area (Å²) in [4.78, 5) is 26.5. The highest BCUT2D eigenvalue weighted by atomic mass is 16.7. The van der Waals surface area contributed by atoms with E-state index in [4.69, 9.17) is 14.2 Å². The summed E-state index contributed by atoms with van der Waals surface area (Å²) in [5, 5.41) is 56.8. The molecule has 0 bridgehead atoms. The highest BCUT2D eigenvalue weighted by Crippen LogP contribution is 2.26. The lowest BCUT2D eigenvalue weighted by molar-refractivity contribution is -0.305. The van der Waals surface area contributed by atoms with Gasteiger partial charge in [-0.2, -0.15) is 0 Å². The lowest BCUT2D eigenvalue weighted by Gasteiger charge is -2.41. The van der Waals surface area contributed by atoms with Crippen molar-refractivity contribution in [2.75, 3.05) is 13.2 Å². The van der Waals surface area contributed by atoms with Crippen molar-refractivity contribution in [2.45, 2.75) is 314 Å². The Morgan fingerprint density at radius 2 is 0.973 bits per heavy atom. The Labute approximate surface area is 452 Å². The number of aliphatic hydroxyl groups is 5. The highest BCUT2D eigenvalue weighted by Gasteiger charge is 2.47. The molecule has 8 atom stereocenters. The molecular formula is C63H113NO10. The predicted molar refractivity (Wildman–Crippen MR) is 306 cm³/mol. The van der Waals surface area contributed by atoms with Crippen LogP contribution in [0.15, 0.2) is 60.8 Å². The zero-order chi connectivity index (χ0) is 54.0. The number of carbonyl (C=O) groups is 2. The largest absolute Gasteiger partial charge is 0.454 e. The van der Waals surface area contributed by atoms with E-state index in [0.717, 1.165) is 77.0 Å². The molecule has 1 saturated heterocycles. The van der Waals surface area contributed by atoms with Crippen molar-refractivity contribution >= 4 is 11.9 Å². The van der Waals surface area contributed by atoms with Crippen LogP contribution < -0.4 is 5.32 Å². The number of carbonyl (C=O) groups excluding carboxylic acids is 2. The first-order valence-corrected chi connectivity index (χ1v) is 30.6. The van der Waals surface area contributed by atoms with Crippen molar-refractivity contribution in [2.24, 2.45) is 0 Å². The van der Waals surface area contributed by atoms with Crippen LogP contribution in [0.1, 0.15) is 265 Å². The van der Waals surface area contributed by atoms with Gasteiger partial charge >= 0.3 is 5.97 Å². The van der Waals surface area contributed by atoms with Crippen LogP contribution in [0, 0.1) is 0 Å². The molecule has 1 amide bonds. The highest BCUT2D eigenvalue weighted by molar-refractivity contribution is 5.80. The summed E-state index contributed by atoms with van der Waals surface area (Å²) >= 11 is 0. The molecular weight excluding hydrogens is 931 g/mol. The summed E-state index contributed by atoms with van der Waals surface area (Å²) < 4.78 is 17.6. The van der Waals surface area contributed by atoms with Crippen LogP contribution in [0.3, 0.4) is 0 Å². The Bertz CT molecular complexity index is 1430. The molecule has 0 radical (unpaired) electrons. The van der Waals surface area contributed by atoms with E-state index < -0.39 is 67.4 Å². The van der Waals surface area contributed by atoms with Gasteiger partial charge in [-0.05, 0) is 83.5 Å². The second-order valence-corrected chi connectivity index (χ2v) is 21.0. The van der Waals surface area contributed by atoms with E-state index in [1.54, 1.807) is 6.08 Å². The molecule has 74 heavy (non-hydrogen) atoms. The van der Waals surface area contributed by atoms with E-state index in [-0.39, 0.29) is 19.4 Å². The van der Waals surface area contributed by atoms with Gasteiger partial charge < -0.3 is 45.1 Å². The molecule has 1 aliphatic heterocycles. The standard InChI is InChI=1S/C63H113NO10/c1-4-7-10-13-16-19-22-24-25-26-27-28-29-30-31-33-36-39-42-45-48-51-58(68)74-61-60(70)59(69)57(52-65)73-63(61)72-53-54(55(66)49-46-43-40-37-34-21-18-15-12-9-6-3)64-62(71)56(67)50-47-44-41-38-35-32-23-20-17-14-11-8-5-2/h8,11,17,20,24-25,32,35,46,49,54-57,59-61,63,65-67,69-70H,4-7,9-10,12-16,18-19,21-23,26-31,33-34,36-45,47-48,50-53H2,1-3H3,(H,64,71)/b11-8+,20-17+,25-24+,35-32+,49-46+. The van der Waals surface area contributed by atoms with Gasteiger partial charge in [-0.15, -0.1) is 0 Å². The Balaban J connectivity index is 2.65. The van der Waals surface area contributed by atoms with E-state index in [2.05, 4.69) is 74.7 Å². The lowest BCUT2D eigenvalue weighted by Crippen LogP contribution is -2.61. The van der Waals surface area contributed by atoms with Crippen molar-refractivity contribution < 1.29 is 49.3 Å². The SMILES string of the molecule is CC/C=C/C/C=C/C/C=C/CCCCCC(O)C(=O)NC(COC1OC(CO)C(O)C(O)C1OC(=O)CCCCCCCCCCCCC/C=C/CCCCCCCC)C(O)/C=C/CCCCCCCCCCC. The molecule has 6 N–H and O–H groups in total. The zero-order valence-corrected chi connectivity index (χ0v) is 47.5. The molecule has 0 saturated carbocycles. The summed E-state index contributed by atoms with van der Waals surface area (Å²) in [6.07, 6.45) is 52.7. The average Bonchev–Trinajstić information content (AvgIpc) is 3.40. The average molecular weight is 1040 g/mol. The number of amides is 1. The van der Waals surface area contributed by atoms with Gasteiger partial charge in [-0.1, -0.05) is 236 Å². The fraction of sp³-hybridized carbons (Fsp3) is 0.810. The number of hydrogen-bond donors (Lipinski definition) is 6. The van der Waals surface area contributed by atoms with Crippen LogP contribution in [0.5, 0.6) is 0 Å². The van der Waals surface area contributed by atoms with Crippen LogP contribution in [0.25, 0.3) is 0 Å². The van der Waals surface area contributed by atoms with Gasteiger partial charge in [0.1, 0.15) is 24.4 Å². The number of unbranched alkanes of at least 4 members (excludes halogenated alkanes) is 29. The smallest absolute Gasteiger partial charge is 0.306 e. The summed E-state index contributed by atoms with van der Waals surface area (Å²) in [6, 6.07) is -1.04. The van der Waals surface area contributed by atoms with Crippen LogP contribution in [0.4, 0.5) is 0 Å². The molecule has 430 valence electrons. The molecule has 0 aliphatic carbocycles. The maximum absolute atomic E-state index is 13.4. The van der Waals surface area contributed by atoms with Gasteiger partial charge in [0.15, 0.2) is 12.4 Å². The van der Waals surface area contributed by atoms with Crippen LogP contribution in [-0.4, -0.2) is 99.6 Å². The number of allylic oxidation sites excluding steroid dienone is 9. The van der Waals surface area contributed by atoms with E-state index in [0.29, 0.717) is 12.8 Å². The van der Waals surface area contributed by atoms with E-state index >= 15 is 0 Å². The normalized spacial score (nSPS) is 19.7. The third kappa shape index (κ3) is 38.8. The molecule has 1 fully saturated rings. The fourth-order valence-electron chi connectivity index (χ4n) is 9.31. The number of rotatable bonds is 51. The van der Waals surface area contributed by atoms with Crippen LogP contribution in [-0.2, 0) is 23.8 Å². The van der Waals surface area contributed by atoms with Crippen molar-refractivity contribution in [3.63, 3.8) is 0 Å². The molecule has 8 unspecified atom stereocenters. The minimum Gasteiger partial charge on any atom is -0.454 e. The molecule has 0 aromatic rings. The van der Waals surface area contributed by atoms with Gasteiger partial charge in [0, 0.05) is 6.42 Å². The molecule has 0 aromatic heterocycles. The number of ether oxygens (including phenoxy) is 3. The van der Waals surface area contributed by atoms with Crippen molar-refractivity contribution in [3.05, 3.63) is 60.8 Å². The van der Waals surface area contributed by atoms with Crippen molar-refractivity contribution in [1.82, 2.24) is 5.32 Å². The Hall–Kier alpha value is -2.64. The summed E-state index contributed by atoms with van der Waals surface area (Å²) in [5.74, 6) is -1.22. The first-order chi connectivity index (χ1) is 36.2. The van der Waals surface area contributed by atoms with E-state index in [1.807, 2.05) is 6.08 Å². The maximum atomic E-state index is 13.4. The maximum Gasteiger partial charge on any atom is 0.306 e. The predicted octanol–water partition coefficient (Wildman–Crippen LogP) is 14.2. The first-order valence-electron chi connectivity index (χ1n) is 30.6. The number of hydrogen-bond acceptors (Lipinski definition) is 10.